The highest BCUT2D eigenvalue weighted by Gasteiger charge is 2.29. The Morgan fingerprint density at radius 2 is 2.12 bits per heavy atom. The van der Waals surface area contributed by atoms with Crippen molar-refractivity contribution >= 4 is 21.8 Å². The molecule has 1 fully saturated rings. The van der Waals surface area contributed by atoms with Crippen molar-refractivity contribution in [3.05, 3.63) is 47.7 Å². The Morgan fingerprint density at radius 1 is 1.36 bits per heavy atom. The Morgan fingerprint density at radius 3 is 2.76 bits per heavy atom. The summed E-state index contributed by atoms with van der Waals surface area (Å²) < 4.78 is 23.0. The highest BCUT2D eigenvalue weighted by atomic mass is 32.2. The molecule has 1 amide bonds. The number of aromatic amines is 1. The van der Waals surface area contributed by atoms with Gasteiger partial charge in [-0.2, -0.15) is 10.4 Å². The van der Waals surface area contributed by atoms with E-state index in [0.717, 1.165) is 5.56 Å². The van der Waals surface area contributed by atoms with Gasteiger partial charge in [-0.3, -0.25) is 9.89 Å². The molecule has 0 unspecified atom stereocenters. The van der Waals surface area contributed by atoms with Crippen molar-refractivity contribution in [2.45, 2.75) is 12.5 Å². The number of benzene rings is 1. The van der Waals surface area contributed by atoms with Gasteiger partial charge in [0.2, 0.25) is 0 Å². The van der Waals surface area contributed by atoms with Crippen LogP contribution >= 0.6 is 0 Å². The lowest BCUT2D eigenvalue weighted by Crippen LogP contribution is -2.36. The van der Waals surface area contributed by atoms with Gasteiger partial charge in [0.1, 0.15) is 11.6 Å². The summed E-state index contributed by atoms with van der Waals surface area (Å²) >= 11 is 0. The van der Waals surface area contributed by atoms with E-state index in [4.69, 9.17) is 0 Å². The lowest BCUT2D eigenvalue weighted by molar-refractivity contribution is -0.117. The van der Waals surface area contributed by atoms with Crippen LogP contribution in [0.2, 0.25) is 0 Å². The first-order valence-electron chi connectivity index (χ1n) is 7.70. The van der Waals surface area contributed by atoms with Crippen molar-refractivity contribution in [2.75, 3.05) is 11.5 Å². The third kappa shape index (κ3) is 3.95. The molecule has 2 heterocycles. The summed E-state index contributed by atoms with van der Waals surface area (Å²) in [5, 5.41) is 18.8. The summed E-state index contributed by atoms with van der Waals surface area (Å²) in [4.78, 5) is 12.3. The Hall–Kier alpha value is -2.92. The van der Waals surface area contributed by atoms with Crippen LogP contribution in [0.3, 0.4) is 0 Å². The molecule has 2 aromatic rings. The van der Waals surface area contributed by atoms with Gasteiger partial charge in [0, 0.05) is 17.2 Å². The maximum absolute atomic E-state index is 12.3. The third-order valence-corrected chi connectivity index (χ3v) is 5.73. The molecule has 128 valence electrons. The highest BCUT2D eigenvalue weighted by molar-refractivity contribution is 7.91. The molecule has 1 atom stereocenters. The molecule has 0 aliphatic carbocycles. The summed E-state index contributed by atoms with van der Waals surface area (Å²) in [5.41, 5.74) is 2.09. The minimum Gasteiger partial charge on any atom is -0.348 e. The van der Waals surface area contributed by atoms with E-state index in [1.165, 1.54) is 12.3 Å². The van der Waals surface area contributed by atoms with Crippen molar-refractivity contribution in [3.63, 3.8) is 0 Å². The van der Waals surface area contributed by atoms with Crippen LogP contribution in [0, 0.1) is 11.3 Å². The van der Waals surface area contributed by atoms with Crippen LogP contribution in [0.5, 0.6) is 0 Å². The quantitative estimate of drug-likeness (QED) is 0.632. The summed E-state index contributed by atoms with van der Waals surface area (Å²) in [6, 6.07) is 10.8. The van der Waals surface area contributed by atoms with E-state index in [1.807, 2.05) is 36.4 Å². The summed E-state index contributed by atoms with van der Waals surface area (Å²) in [7, 11) is -3.10. The van der Waals surface area contributed by atoms with Crippen molar-refractivity contribution in [2.24, 2.45) is 0 Å². The number of hydrogen-bond donors (Lipinski definition) is 2. The van der Waals surface area contributed by atoms with Crippen LogP contribution in [0.4, 0.5) is 0 Å². The first kappa shape index (κ1) is 16.9. The first-order valence-corrected chi connectivity index (χ1v) is 9.52. The van der Waals surface area contributed by atoms with Crippen LogP contribution in [0.1, 0.15) is 12.0 Å². The van der Waals surface area contributed by atoms with Crippen molar-refractivity contribution in [3.8, 4) is 17.3 Å². The van der Waals surface area contributed by atoms with Gasteiger partial charge in [0.25, 0.3) is 5.91 Å². The number of nitrogens with zero attached hydrogens (tertiary/aromatic N) is 2. The Kier molecular flexibility index (Phi) is 4.67. The van der Waals surface area contributed by atoms with E-state index in [9.17, 15) is 18.5 Å². The predicted octanol–water partition coefficient (Wildman–Crippen LogP) is 1.29. The lowest BCUT2D eigenvalue weighted by atomic mass is 10.1. The zero-order chi connectivity index (χ0) is 17.9. The molecule has 1 aromatic heterocycles. The molecule has 0 spiro atoms. The predicted molar refractivity (Wildman–Crippen MR) is 92.8 cm³/mol. The van der Waals surface area contributed by atoms with Gasteiger partial charge in [-0.25, -0.2) is 8.42 Å². The van der Waals surface area contributed by atoms with E-state index in [2.05, 4.69) is 15.5 Å². The van der Waals surface area contributed by atoms with Gasteiger partial charge >= 0.3 is 0 Å². The monoisotopic (exact) mass is 356 g/mol. The maximum atomic E-state index is 12.3. The number of rotatable bonds is 4. The molecule has 3 rings (SSSR count). The Balaban J connectivity index is 1.81. The average molecular weight is 356 g/mol. The Bertz CT molecular complexity index is 955. The SMILES string of the molecule is N#C/C(=C/c1cn[nH]c1-c1ccccc1)C(=O)N[C@H]1CCS(=O)(=O)C1. The number of H-pyrrole nitrogens is 1. The smallest absolute Gasteiger partial charge is 0.262 e. The van der Waals surface area contributed by atoms with E-state index in [0.29, 0.717) is 17.7 Å². The fourth-order valence-corrected chi connectivity index (χ4v) is 4.39. The van der Waals surface area contributed by atoms with Crippen molar-refractivity contribution in [1.82, 2.24) is 15.5 Å². The second-order valence-electron chi connectivity index (χ2n) is 5.81. The molecule has 1 aromatic carbocycles. The van der Waals surface area contributed by atoms with Gasteiger partial charge in [-0.15, -0.1) is 0 Å². The van der Waals surface area contributed by atoms with Gasteiger partial charge in [0.05, 0.1) is 23.4 Å². The van der Waals surface area contributed by atoms with Crippen LogP contribution in [-0.4, -0.2) is 42.1 Å². The number of nitriles is 1. The molecule has 0 radical (unpaired) electrons. The zero-order valence-corrected chi connectivity index (χ0v) is 14.1. The zero-order valence-electron chi connectivity index (χ0n) is 13.3. The number of carbonyl (C=O) groups excluding carboxylic acids is 1. The largest absolute Gasteiger partial charge is 0.348 e. The minimum atomic E-state index is -3.10. The van der Waals surface area contributed by atoms with E-state index >= 15 is 0 Å². The molecule has 1 aliphatic rings. The molecule has 8 heteroatoms. The number of amides is 1. The normalized spacial score (nSPS) is 19.3. The van der Waals surface area contributed by atoms with E-state index in [1.54, 1.807) is 0 Å². The molecule has 2 N–H and O–H groups in total. The fraction of sp³-hybridized carbons (Fsp3) is 0.235. The second-order valence-corrected chi connectivity index (χ2v) is 8.04. The van der Waals surface area contributed by atoms with Gasteiger partial charge in [-0.05, 0) is 12.5 Å². The summed E-state index contributed by atoms with van der Waals surface area (Å²) in [6.45, 7) is 0. The summed E-state index contributed by atoms with van der Waals surface area (Å²) in [6.07, 6.45) is 3.35. The van der Waals surface area contributed by atoms with Crippen LogP contribution < -0.4 is 5.32 Å². The highest BCUT2D eigenvalue weighted by Crippen LogP contribution is 2.23. The van der Waals surface area contributed by atoms with Gasteiger partial charge < -0.3 is 5.32 Å². The van der Waals surface area contributed by atoms with E-state index in [-0.39, 0.29) is 17.1 Å². The molecule has 0 saturated carbocycles. The lowest BCUT2D eigenvalue weighted by Gasteiger charge is -2.09. The molecular formula is C17H16N4O3S. The Labute approximate surface area is 145 Å². The maximum Gasteiger partial charge on any atom is 0.262 e. The summed E-state index contributed by atoms with van der Waals surface area (Å²) in [5.74, 6) is -0.605. The topological polar surface area (TPSA) is 116 Å². The van der Waals surface area contributed by atoms with E-state index < -0.39 is 21.8 Å². The first-order chi connectivity index (χ1) is 12.0. The van der Waals surface area contributed by atoms with Gasteiger partial charge in [0.15, 0.2) is 9.84 Å². The minimum absolute atomic E-state index is 0.0590. The van der Waals surface area contributed by atoms with Crippen LogP contribution in [0.25, 0.3) is 17.3 Å². The number of nitrogens with one attached hydrogen (secondary N) is 2. The van der Waals surface area contributed by atoms with Crippen LogP contribution in [0.15, 0.2) is 42.1 Å². The van der Waals surface area contributed by atoms with Crippen molar-refractivity contribution < 1.29 is 13.2 Å². The van der Waals surface area contributed by atoms with Crippen LogP contribution in [-0.2, 0) is 14.6 Å². The van der Waals surface area contributed by atoms with Gasteiger partial charge in [-0.1, -0.05) is 30.3 Å². The second kappa shape index (κ2) is 6.91. The number of carbonyl (C=O) groups is 1. The molecule has 1 saturated heterocycles. The third-order valence-electron chi connectivity index (χ3n) is 3.96. The molecule has 7 nitrogen and oxygen atoms in total. The molecule has 25 heavy (non-hydrogen) atoms. The molecular weight excluding hydrogens is 340 g/mol. The van der Waals surface area contributed by atoms with Crippen molar-refractivity contribution in [1.29, 1.82) is 5.26 Å². The number of aromatic nitrogens is 2. The average Bonchev–Trinajstić information content (AvgIpc) is 3.19. The number of hydrogen-bond acceptors (Lipinski definition) is 5. The molecule has 1 aliphatic heterocycles. The number of sulfone groups is 1. The standard InChI is InChI=1S/C17H16N4O3S/c18-9-13(17(22)20-15-6-7-25(23,24)11-15)8-14-10-19-21-16(14)12-4-2-1-3-5-12/h1-5,8,10,15H,6-7,11H2,(H,19,21)(H,20,22)/b13-8-/t15-/m0/s1. The fourth-order valence-electron chi connectivity index (χ4n) is 2.72. The molecule has 0 bridgehead atoms.